The Morgan fingerprint density at radius 2 is 2.40 bits per heavy atom. The molecule has 0 aliphatic carbocycles. The number of hydrogen-bond acceptors (Lipinski definition) is 3. The molecule has 0 aliphatic heterocycles. The van der Waals surface area contributed by atoms with E-state index in [1.165, 1.54) is 0 Å². The Morgan fingerprint density at radius 3 is 2.93 bits per heavy atom. The zero-order chi connectivity index (χ0) is 11.1. The average molecular weight is 273 g/mol. The summed E-state index contributed by atoms with van der Waals surface area (Å²) < 4.78 is 5.39. The van der Waals surface area contributed by atoms with Crippen molar-refractivity contribution >= 4 is 21.8 Å². The van der Waals surface area contributed by atoms with Crippen molar-refractivity contribution in [3.8, 4) is 5.75 Å². The lowest BCUT2D eigenvalue weighted by molar-refractivity contribution is 0.0958. The summed E-state index contributed by atoms with van der Waals surface area (Å²) in [5.74, 6) is 0.491. The summed E-state index contributed by atoms with van der Waals surface area (Å²) in [5.41, 5.74) is 0.394. The number of alkyl halides is 1. The lowest BCUT2D eigenvalue weighted by atomic mass is 10.3. The predicted octanol–water partition coefficient (Wildman–Crippen LogP) is 1.60. The summed E-state index contributed by atoms with van der Waals surface area (Å²) in [7, 11) is 1.57. The molecule has 0 aromatic carbocycles. The van der Waals surface area contributed by atoms with Gasteiger partial charge in [-0.25, -0.2) is 4.98 Å². The number of rotatable bonds is 5. The van der Waals surface area contributed by atoms with Crippen LogP contribution < -0.4 is 10.1 Å². The highest BCUT2D eigenvalue weighted by Gasteiger charge is 2.03. The number of halogens is 1. The maximum atomic E-state index is 11.2. The SMILES string of the molecule is CNC(=O)c1ccc(OCCCBr)cn1. The van der Waals surface area contributed by atoms with Gasteiger partial charge in [0, 0.05) is 12.4 Å². The van der Waals surface area contributed by atoms with E-state index in [1.54, 1.807) is 25.4 Å². The monoisotopic (exact) mass is 272 g/mol. The van der Waals surface area contributed by atoms with Gasteiger partial charge in [0.1, 0.15) is 11.4 Å². The van der Waals surface area contributed by atoms with Crippen molar-refractivity contribution in [1.29, 1.82) is 0 Å². The van der Waals surface area contributed by atoms with Crippen molar-refractivity contribution in [1.82, 2.24) is 10.3 Å². The van der Waals surface area contributed by atoms with Gasteiger partial charge in [-0.2, -0.15) is 0 Å². The molecule has 0 bridgehead atoms. The minimum Gasteiger partial charge on any atom is -0.492 e. The molecule has 4 nitrogen and oxygen atoms in total. The van der Waals surface area contributed by atoms with E-state index in [1.807, 2.05) is 0 Å². The van der Waals surface area contributed by atoms with Gasteiger partial charge in [-0.05, 0) is 18.6 Å². The number of carbonyl (C=O) groups is 1. The van der Waals surface area contributed by atoms with Crippen LogP contribution in [0.15, 0.2) is 18.3 Å². The van der Waals surface area contributed by atoms with Crippen molar-refractivity contribution in [2.45, 2.75) is 6.42 Å². The second kappa shape index (κ2) is 6.40. The minimum absolute atomic E-state index is 0.193. The van der Waals surface area contributed by atoms with Gasteiger partial charge in [0.15, 0.2) is 0 Å². The first kappa shape index (κ1) is 12.0. The highest BCUT2D eigenvalue weighted by Crippen LogP contribution is 2.09. The molecule has 0 fully saturated rings. The van der Waals surface area contributed by atoms with Crippen LogP contribution in [0.2, 0.25) is 0 Å². The van der Waals surface area contributed by atoms with Crippen molar-refractivity contribution in [3.05, 3.63) is 24.0 Å². The Kier molecular flexibility index (Phi) is 5.10. The largest absolute Gasteiger partial charge is 0.492 e. The van der Waals surface area contributed by atoms with E-state index < -0.39 is 0 Å². The number of ether oxygens (including phenoxy) is 1. The van der Waals surface area contributed by atoms with E-state index >= 15 is 0 Å². The van der Waals surface area contributed by atoms with Crippen molar-refractivity contribution in [2.24, 2.45) is 0 Å². The summed E-state index contributed by atoms with van der Waals surface area (Å²) in [6, 6.07) is 3.38. The molecule has 1 aromatic rings. The van der Waals surface area contributed by atoms with Gasteiger partial charge >= 0.3 is 0 Å². The first-order chi connectivity index (χ1) is 7.27. The van der Waals surface area contributed by atoms with Gasteiger partial charge in [-0.15, -0.1) is 0 Å². The van der Waals surface area contributed by atoms with Gasteiger partial charge in [-0.3, -0.25) is 4.79 Å². The molecule has 0 saturated carbocycles. The molecule has 0 aliphatic rings. The first-order valence-corrected chi connectivity index (χ1v) is 5.77. The zero-order valence-electron chi connectivity index (χ0n) is 8.50. The number of aromatic nitrogens is 1. The third-order valence-electron chi connectivity index (χ3n) is 1.74. The Balaban J connectivity index is 2.52. The van der Waals surface area contributed by atoms with Crippen LogP contribution in [0.5, 0.6) is 5.75 Å². The molecule has 0 saturated heterocycles. The molecule has 0 radical (unpaired) electrons. The highest BCUT2D eigenvalue weighted by molar-refractivity contribution is 9.09. The van der Waals surface area contributed by atoms with Crippen LogP contribution in [0.3, 0.4) is 0 Å². The van der Waals surface area contributed by atoms with E-state index in [2.05, 4.69) is 26.2 Å². The first-order valence-electron chi connectivity index (χ1n) is 4.65. The fourth-order valence-corrected chi connectivity index (χ4v) is 1.20. The van der Waals surface area contributed by atoms with Gasteiger partial charge in [0.2, 0.25) is 0 Å². The summed E-state index contributed by atoms with van der Waals surface area (Å²) in [6.45, 7) is 0.645. The molecule has 15 heavy (non-hydrogen) atoms. The van der Waals surface area contributed by atoms with Crippen LogP contribution in [0.1, 0.15) is 16.9 Å². The van der Waals surface area contributed by atoms with Crippen molar-refractivity contribution < 1.29 is 9.53 Å². The Hall–Kier alpha value is -1.10. The van der Waals surface area contributed by atoms with Crippen LogP contribution in [0, 0.1) is 0 Å². The van der Waals surface area contributed by atoms with Gasteiger partial charge in [-0.1, -0.05) is 15.9 Å². The third kappa shape index (κ3) is 3.87. The minimum atomic E-state index is -0.193. The van der Waals surface area contributed by atoms with Crippen LogP contribution in [-0.4, -0.2) is 29.9 Å². The highest BCUT2D eigenvalue weighted by atomic mass is 79.9. The molecule has 0 unspecified atom stereocenters. The van der Waals surface area contributed by atoms with E-state index in [4.69, 9.17) is 4.74 Å². The summed E-state index contributed by atoms with van der Waals surface area (Å²) in [5, 5.41) is 3.42. The molecular formula is C10H13BrN2O2. The predicted molar refractivity (Wildman–Crippen MR) is 61.5 cm³/mol. The normalized spacial score (nSPS) is 9.73. The van der Waals surface area contributed by atoms with Crippen LogP contribution in [0.4, 0.5) is 0 Å². The van der Waals surface area contributed by atoms with E-state index in [9.17, 15) is 4.79 Å². The summed E-state index contributed by atoms with van der Waals surface area (Å²) in [6.07, 6.45) is 2.50. The smallest absolute Gasteiger partial charge is 0.269 e. The maximum Gasteiger partial charge on any atom is 0.269 e. The fourth-order valence-electron chi connectivity index (χ4n) is 0.973. The Bertz CT molecular complexity index is 314. The molecular weight excluding hydrogens is 260 g/mol. The molecule has 1 amide bonds. The van der Waals surface area contributed by atoms with Gasteiger partial charge in [0.05, 0.1) is 12.8 Å². The molecule has 0 atom stereocenters. The molecule has 82 valence electrons. The zero-order valence-corrected chi connectivity index (χ0v) is 10.1. The van der Waals surface area contributed by atoms with Crippen LogP contribution in [-0.2, 0) is 0 Å². The summed E-state index contributed by atoms with van der Waals surface area (Å²) in [4.78, 5) is 15.1. The molecule has 1 rings (SSSR count). The molecule has 0 spiro atoms. The van der Waals surface area contributed by atoms with E-state index in [0.717, 1.165) is 11.8 Å². The molecule has 1 heterocycles. The number of nitrogens with zero attached hydrogens (tertiary/aromatic N) is 1. The number of nitrogens with one attached hydrogen (secondary N) is 1. The second-order valence-corrected chi connectivity index (χ2v) is 3.64. The standard InChI is InChI=1S/C10H13BrN2O2/c1-12-10(14)9-4-3-8(7-13-9)15-6-2-5-11/h3-4,7H,2,5-6H2,1H3,(H,12,14). The third-order valence-corrected chi connectivity index (χ3v) is 2.30. The lowest BCUT2D eigenvalue weighted by Crippen LogP contribution is -2.18. The second-order valence-electron chi connectivity index (χ2n) is 2.85. The molecule has 5 heteroatoms. The Morgan fingerprint density at radius 1 is 1.60 bits per heavy atom. The van der Waals surface area contributed by atoms with Gasteiger partial charge < -0.3 is 10.1 Å². The lowest BCUT2D eigenvalue weighted by Gasteiger charge is -2.04. The van der Waals surface area contributed by atoms with Gasteiger partial charge in [0.25, 0.3) is 5.91 Å². The van der Waals surface area contributed by atoms with Crippen molar-refractivity contribution in [2.75, 3.05) is 19.0 Å². The van der Waals surface area contributed by atoms with Crippen LogP contribution in [0.25, 0.3) is 0 Å². The molecule has 1 aromatic heterocycles. The van der Waals surface area contributed by atoms with Crippen LogP contribution >= 0.6 is 15.9 Å². The number of amides is 1. The average Bonchev–Trinajstić information content (AvgIpc) is 2.29. The fraction of sp³-hybridized carbons (Fsp3) is 0.400. The topological polar surface area (TPSA) is 51.2 Å². The number of pyridine rings is 1. The summed E-state index contributed by atoms with van der Waals surface area (Å²) >= 11 is 3.31. The Labute approximate surface area is 97.2 Å². The van der Waals surface area contributed by atoms with E-state index in [0.29, 0.717) is 18.1 Å². The number of hydrogen-bond donors (Lipinski definition) is 1. The maximum absolute atomic E-state index is 11.2. The number of carbonyl (C=O) groups excluding carboxylic acids is 1. The van der Waals surface area contributed by atoms with Crippen molar-refractivity contribution in [3.63, 3.8) is 0 Å². The molecule has 1 N–H and O–H groups in total. The van der Waals surface area contributed by atoms with E-state index in [-0.39, 0.29) is 5.91 Å². The quantitative estimate of drug-likeness (QED) is 0.655.